The van der Waals surface area contributed by atoms with Gasteiger partial charge >= 0.3 is 0 Å². The number of nitrogens with one attached hydrogen (secondary N) is 1. The van der Waals surface area contributed by atoms with E-state index in [0.29, 0.717) is 6.04 Å². The van der Waals surface area contributed by atoms with Crippen molar-refractivity contribution < 1.29 is 0 Å². The first kappa shape index (κ1) is 16.1. The molecule has 0 radical (unpaired) electrons. The molecule has 0 spiro atoms. The van der Waals surface area contributed by atoms with Gasteiger partial charge in [0.05, 0.1) is 0 Å². The smallest absolute Gasteiger partial charge is 0.0155 e. The molecule has 0 aliphatic carbocycles. The van der Waals surface area contributed by atoms with Gasteiger partial charge in [0.15, 0.2) is 0 Å². The van der Waals surface area contributed by atoms with E-state index >= 15 is 0 Å². The highest BCUT2D eigenvalue weighted by Crippen LogP contribution is 2.17. The maximum atomic E-state index is 3.75. The summed E-state index contributed by atoms with van der Waals surface area (Å²) in [6.07, 6.45) is 9.79. The van der Waals surface area contributed by atoms with Crippen LogP contribution in [0.15, 0.2) is 12.7 Å². The molecule has 2 unspecified atom stereocenters. The minimum atomic E-state index is 0.697. The second-order valence-corrected chi connectivity index (χ2v) is 5.94. The van der Waals surface area contributed by atoms with E-state index in [0.717, 1.165) is 5.25 Å². The van der Waals surface area contributed by atoms with Crippen LogP contribution in [0.3, 0.4) is 0 Å². The Morgan fingerprint density at radius 1 is 1.31 bits per heavy atom. The molecule has 0 fully saturated rings. The van der Waals surface area contributed by atoms with Gasteiger partial charge in [-0.3, -0.25) is 0 Å². The lowest BCUT2D eigenvalue weighted by atomic mass is 10.1. The van der Waals surface area contributed by atoms with E-state index in [9.17, 15) is 0 Å². The van der Waals surface area contributed by atoms with Gasteiger partial charge in [0.1, 0.15) is 0 Å². The molecule has 0 saturated heterocycles. The summed E-state index contributed by atoms with van der Waals surface area (Å²) in [5, 5.41) is 4.23. The number of hydrogen-bond acceptors (Lipinski definition) is 2. The molecule has 0 bridgehead atoms. The van der Waals surface area contributed by atoms with Crippen molar-refractivity contribution in [2.75, 3.05) is 12.8 Å². The lowest BCUT2D eigenvalue weighted by molar-refractivity contribution is 0.526. The molecule has 1 N–H and O–H groups in total. The van der Waals surface area contributed by atoms with Gasteiger partial charge in [-0.25, -0.2) is 0 Å². The number of rotatable bonds is 11. The topological polar surface area (TPSA) is 12.0 Å². The Balaban J connectivity index is 3.47. The van der Waals surface area contributed by atoms with Gasteiger partial charge < -0.3 is 5.32 Å². The zero-order valence-electron chi connectivity index (χ0n) is 11.3. The molecule has 0 amide bonds. The zero-order chi connectivity index (χ0) is 12.2. The lowest BCUT2D eigenvalue weighted by Crippen LogP contribution is -2.28. The average Bonchev–Trinajstić information content (AvgIpc) is 2.32. The number of thioether (sulfide) groups is 1. The Bertz CT molecular complexity index is 159. The van der Waals surface area contributed by atoms with Crippen LogP contribution in [-0.2, 0) is 0 Å². The highest BCUT2D eigenvalue weighted by atomic mass is 32.2. The summed E-state index contributed by atoms with van der Waals surface area (Å²) in [6.45, 7) is 8.34. The van der Waals surface area contributed by atoms with Gasteiger partial charge in [-0.15, -0.1) is 6.58 Å². The van der Waals surface area contributed by atoms with Crippen LogP contribution in [0.5, 0.6) is 0 Å². The number of unbranched alkanes of at least 4 members (excludes halogenated alkanes) is 3. The van der Waals surface area contributed by atoms with Gasteiger partial charge in [-0.05, 0) is 32.7 Å². The van der Waals surface area contributed by atoms with E-state index in [1.165, 1.54) is 44.3 Å². The molecular formula is C14H29NS. The Kier molecular flexibility index (Phi) is 11.6. The van der Waals surface area contributed by atoms with E-state index in [4.69, 9.17) is 0 Å². The summed E-state index contributed by atoms with van der Waals surface area (Å²) >= 11 is 2.10. The van der Waals surface area contributed by atoms with Crippen LogP contribution in [0, 0.1) is 0 Å². The minimum absolute atomic E-state index is 0.697. The monoisotopic (exact) mass is 243 g/mol. The van der Waals surface area contributed by atoms with Crippen LogP contribution in [0.4, 0.5) is 0 Å². The third-order valence-electron chi connectivity index (χ3n) is 3.03. The summed E-state index contributed by atoms with van der Waals surface area (Å²) < 4.78 is 0. The summed E-state index contributed by atoms with van der Waals surface area (Å²) in [5.41, 5.74) is 0. The lowest BCUT2D eigenvalue weighted by Gasteiger charge is -2.17. The summed E-state index contributed by atoms with van der Waals surface area (Å²) in [7, 11) is 2.09. The van der Waals surface area contributed by atoms with Crippen LogP contribution in [0.2, 0.25) is 0 Å². The first-order chi connectivity index (χ1) is 7.74. The molecule has 16 heavy (non-hydrogen) atoms. The Morgan fingerprint density at radius 3 is 2.62 bits per heavy atom. The molecule has 0 aromatic carbocycles. The molecule has 0 aromatic heterocycles. The van der Waals surface area contributed by atoms with E-state index < -0.39 is 0 Å². The van der Waals surface area contributed by atoms with Gasteiger partial charge in [0.2, 0.25) is 0 Å². The predicted octanol–water partition coefficient (Wildman–Crippen LogP) is 4.24. The summed E-state index contributed by atoms with van der Waals surface area (Å²) in [4.78, 5) is 0. The summed E-state index contributed by atoms with van der Waals surface area (Å²) in [6, 6.07) is 0.697. The quantitative estimate of drug-likeness (QED) is 0.430. The normalized spacial score (nSPS) is 14.7. The molecule has 0 aliphatic heterocycles. The SMILES string of the molecule is C=CCCCCCC(CSC(C)CC)NC. The Labute approximate surface area is 106 Å². The highest BCUT2D eigenvalue weighted by molar-refractivity contribution is 7.99. The molecule has 2 heteroatoms. The van der Waals surface area contributed by atoms with Crippen molar-refractivity contribution in [1.82, 2.24) is 5.32 Å². The number of allylic oxidation sites excluding steroid dienone is 1. The van der Waals surface area contributed by atoms with Crippen molar-refractivity contribution in [2.45, 2.75) is 63.7 Å². The standard InChI is InChI=1S/C14H29NS/c1-5-7-8-9-10-11-14(15-4)12-16-13(3)6-2/h5,13-15H,1,6-12H2,2-4H3. The molecule has 96 valence electrons. The van der Waals surface area contributed by atoms with Crippen molar-refractivity contribution in [3.63, 3.8) is 0 Å². The van der Waals surface area contributed by atoms with Gasteiger partial charge in [-0.2, -0.15) is 11.8 Å². The second kappa shape index (κ2) is 11.5. The van der Waals surface area contributed by atoms with Crippen LogP contribution in [0.1, 0.15) is 52.4 Å². The zero-order valence-corrected chi connectivity index (χ0v) is 12.1. The summed E-state index contributed by atoms with van der Waals surface area (Å²) in [5.74, 6) is 1.26. The first-order valence-electron chi connectivity index (χ1n) is 6.64. The predicted molar refractivity (Wildman–Crippen MR) is 78.3 cm³/mol. The van der Waals surface area contributed by atoms with Gasteiger partial charge in [0, 0.05) is 17.0 Å². The fraction of sp³-hybridized carbons (Fsp3) is 0.857. The Morgan fingerprint density at radius 2 is 2.06 bits per heavy atom. The second-order valence-electron chi connectivity index (χ2n) is 4.46. The molecule has 0 rings (SSSR count). The van der Waals surface area contributed by atoms with E-state index in [2.05, 4.69) is 44.6 Å². The van der Waals surface area contributed by atoms with Crippen molar-refractivity contribution in [3.8, 4) is 0 Å². The van der Waals surface area contributed by atoms with Gasteiger partial charge in [-0.1, -0.05) is 32.8 Å². The largest absolute Gasteiger partial charge is 0.316 e. The van der Waals surface area contributed by atoms with Crippen LogP contribution < -0.4 is 5.32 Å². The maximum absolute atomic E-state index is 3.75. The fourth-order valence-corrected chi connectivity index (χ4v) is 2.70. The molecular weight excluding hydrogens is 214 g/mol. The number of hydrogen-bond donors (Lipinski definition) is 1. The van der Waals surface area contributed by atoms with E-state index in [1.807, 2.05) is 6.08 Å². The van der Waals surface area contributed by atoms with Gasteiger partial charge in [0.25, 0.3) is 0 Å². The molecule has 0 aliphatic rings. The molecule has 2 atom stereocenters. The molecule has 1 nitrogen and oxygen atoms in total. The third-order valence-corrected chi connectivity index (χ3v) is 4.52. The van der Waals surface area contributed by atoms with Crippen LogP contribution >= 0.6 is 11.8 Å². The molecule has 0 heterocycles. The highest BCUT2D eigenvalue weighted by Gasteiger charge is 2.08. The first-order valence-corrected chi connectivity index (χ1v) is 7.69. The van der Waals surface area contributed by atoms with Crippen molar-refractivity contribution >= 4 is 11.8 Å². The van der Waals surface area contributed by atoms with Crippen LogP contribution in [-0.4, -0.2) is 24.1 Å². The molecule has 0 aromatic rings. The molecule has 0 saturated carbocycles. The van der Waals surface area contributed by atoms with Crippen molar-refractivity contribution in [3.05, 3.63) is 12.7 Å². The van der Waals surface area contributed by atoms with Crippen molar-refractivity contribution in [2.24, 2.45) is 0 Å². The fourth-order valence-electron chi connectivity index (χ4n) is 1.57. The minimum Gasteiger partial charge on any atom is -0.316 e. The Hall–Kier alpha value is 0.0500. The average molecular weight is 243 g/mol. The van der Waals surface area contributed by atoms with Crippen LogP contribution in [0.25, 0.3) is 0 Å². The van der Waals surface area contributed by atoms with Crippen molar-refractivity contribution in [1.29, 1.82) is 0 Å². The third kappa shape index (κ3) is 9.29. The van der Waals surface area contributed by atoms with E-state index in [1.54, 1.807) is 0 Å². The maximum Gasteiger partial charge on any atom is 0.0155 e. The van der Waals surface area contributed by atoms with E-state index in [-0.39, 0.29) is 0 Å².